The van der Waals surface area contributed by atoms with Gasteiger partial charge < -0.3 is 10.7 Å². The molecular formula is C21H19N5. The van der Waals surface area contributed by atoms with Crippen molar-refractivity contribution in [2.75, 3.05) is 5.73 Å². The standard InChI is InChI=1S/C21H19N5/c22-16-4-2-14(3-5-16)20-25-10-15(11-26-20)21(7-1-8-21)18-13-24-19-6-9-23-12-17(18)19/h2-6,9-13,24H,1,7-8,22H2. The summed E-state index contributed by atoms with van der Waals surface area (Å²) >= 11 is 0. The maximum absolute atomic E-state index is 5.76. The van der Waals surface area contributed by atoms with Crippen LogP contribution in [0.5, 0.6) is 0 Å². The minimum atomic E-state index is -0.0130. The summed E-state index contributed by atoms with van der Waals surface area (Å²) in [6.07, 6.45) is 13.3. The molecule has 0 spiro atoms. The van der Waals surface area contributed by atoms with Crippen LogP contribution in [0, 0.1) is 0 Å². The molecule has 0 radical (unpaired) electrons. The number of anilines is 1. The first-order valence-corrected chi connectivity index (χ1v) is 8.86. The Morgan fingerprint density at radius 2 is 1.73 bits per heavy atom. The first-order chi connectivity index (χ1) is 12.8. The average Bonchev–Trinajstić information content (AvgIpc) is 3.07. The maximum atomic E-state index is 5.76. The van der Waals surface area contributed by atoms with Crippen LogP contribution in [0.25, 0.3) is 22.3 Å². The zero-order chi connectivity index (χ0) is 17.6. The summed E-state index contributed by atoms with van der Waals surface area (Å²) in [5.41, 5.74) is 11.1. The molecule has 3 heterocycles. The lowest BCUT2D eigenvalue weighted by molar-refractivity contribution is 0.302. The quantitative estimate of drug-likeness (QED) is 0.550. The number of nitrogens with zero attached hydrogens (tertiary/aromatic N) is 3. The Morgan fingerprint density at radius 3 is 2.42 bits per heavy atom. The molecule has 3 N–H and O–H groups in total. The third-order valence-electron chi connectivity index (χ3n) is 5.58. The second kappa shape index (κ2) is 5.66. The first-order valence-electron chi connectivity index (χ1n) is 8.86. The SMILES string of the molecule is Nc1ccc(-c2ncc(C3(c4c[nH]c5ccncc45)CCC3)cn2)cc1. The number of aromatic amines is 1. The van der Waals surface area contributed by atoms with E-state index < -0.39 is 0 Å². The Kier molecular flexibility index (Phi) is 3.28. The highest BCUT2D eigenvalue weighted by Crippen LogP contribution is 2.50. The molecule has 0 unspecified atom stereocenters. The number of rotatable bonds is 3. The summed E-state index contributed by atoms with van der Waals surface area (Å²) in [6.45, 7) is 0. The Balaban J connectivity index is 1.56. The van der Waals surface area contributed by atoms with Gasteiger partial charge in [-0.05, 0) is 54.3 Å². The second-order valence-electron chi connectivity index (χ2n) is 6.98. The van der Waals surface area contributed by atoms with E-state index in [1.807, 2.05) is 55.1 Å². The largest absolute Gasteiger partial charge is 0.399 e. The summed E-state index contributed by atoms with van der Waals surface area (Å²) in [4.78, 5) is 17.0. The number of nitrogens with two attached hydrogens (primary N) is 1. The number of pyridine rings is 1. The number of nitrogen functional groups attached to an aromatic ring is 1. The highest BCUT2D eigenvalue weighted by atomic mass is 14.9. The van der Waals surface area contributed by atoms with Gasteiger partial charge in [-0.2, -0.15) is 0 Å². The summed E-state index contributed by atoms with van der Waals surface area (Å²) in [7, 11) is 0. The molecule has 0 aliphatic heterocycles. The van der Waals surface area contributed by atoms with Gasteiger partial charge in [-0.3, -0.25) is 4.98 Å². The normalized spacial score (nSPS) is 15.7. The van der Waals surface area contributed by atoms with Crippen molar-refractivity contribution in [3.8, 4) is 11.4 Å². The fraction of sp³-hybridized carbons (Fsp3) is 0.190. The van der Waals surface area contributed by atoms with Gasteiger partial charge in [0.05, 0.1) is 0 Å². The first kappa shape index (κ1) is 15.1. The van der Waals surface area contributed by atoms with Crippen LogP contribution >= 0.6 is 0 Å². The fourth-order valence-corrected chi connectivity index (χ4v) is 3.96. The van der Waals surface area contributed by atoms with E-state index in [1.54, 1.807) is 0 Å². The number of hydrogen-bond donors (Lipinski definition) is 2. The maximum Gasteiger partial charge on any atom is 0.159 e. The molecule has 1 aliphatic rings. The topological polar surface area (TPSA) is 80.5 Å². The van der Waals surface area contributed by atoms with Gasteiger partial charge in [0, 0.05) is 58.6 Å². The van der Waals surface area contributed by atoms with Gasteiger partial charge in [0.25, 0.3) is 0 Å². The Morgan fingerprint density at radius 1 is 0.962 bits per heavy atom. The molecule has 4 aromatic rings. The number of aromatic nitrogens is 4. The number of fused-ring (bicyclic) bond motifs is 1. The van der Waals surface area contributed by atoms with Crippen molar-refractivity contribution in [3.63, 3.8) is 0 Å². The van der Waals surface area contributed by atoms with E-state index in [-0.39, 0.29) is 5.41 Å². The second-order valence-corrected chi connectivity index (χ2v) is 6.98. The molecule has 5 nitrogen and oxygen atoms in total. The van der Waals surface area contributed by atoms with Crippen LogP contribution in [0.1, 0.15) is 30.4 Å². The molecule has 0 amide bonds. The molecule has 3 aromatic heterocycles. The molecule has 1 fully saturated rings. The van der Waals surface area contributed by atoms with Crippen molar-refractivity contribution in [1.82, 2.24) is 19.9 Å². The van der Waals surface area contributed by atoms with E-state index in [1.165, 1.54) is 22.9 Å². The van der Waals surface area contributed by atoms with Gasteiger partial charge >= 0.3 is 0 Å². The summed E-state index contributed by atoms with van der Waals surface area (Å²) in [5.74, 6) is 0.726. The highest BCUT2D eigenvalue weighted by Gasteiger charge is 2.42. The molecule has 26 heavy (non-hydrogen) atoms. The predicted molar refractivity (Wildman–Crippen MR) is 103 cm³/mol. The van der Waals surface area contributed by atoms with Gasteiger partial charge in [-0.15, -0.1) is 0 Å². The van der Waals surface area contributed by atoms with Gasteiger partial charge in [0.2, 0.25) is 0 Å². The number of H-pyrrole nitrogens is 1. The Labute approximate surface area is 151 Å². The third-order valence-corrected chi connectivity index (χ3v) is 5.58. The monoisotopic (exact) mass is 341 g/mol. The minimum Gasteiger partial charge on any atom is -0.399 e. The van der Waals surface area contributed by atoms with Gasteiger partial charge in [-0.25, -0.2) is 9.97 Å². The Hall–Kier alpha value is -3.21. The smallest absolute Gasteiger partial charge is 0.159 e. The van der Waals surface area contributed by atoms with Crippen LogP contribution in [0.15, 0.2) is 61.3 Å². The molecule has 0 atom stereocenters. The van der Waals surface area contributed by atoms with E-state index in [2.05, 4.69) is 26.1 Å². The van der Waals surface area contributed by atoms with Gasteiger partial charge in [0.15, 0.2) is 5.82 Å². The lowest BCUT2D eigenvalue weighted by Gasteiger charge is -2.42. The lowest BCUT2D eigenvalue weighted by atomic mass is 9.61. The van der Waals surface area contributed by atoms with E-state index >= 15 is 0 Å². The molecule has 1 aromatic carbocycles. The van der Waals surface area contributed by atoms with Crippen LogP contribution in [0.4, 0.5) is 5.69 Å². The minimum absolute atomic E-state index is 0.0130. The summed E-state index contributed by atoms with van der Waals surface area (Å²) in [5, 5.41) is 1.19. The van der Waals surface area contributed by atoms with Crippen LogP contribution < -0.4 is 5.73 Å². The van der Waals surface area contributed by atoms with Crippen molar-refractivity contribution >= 4 is 16.6 Å². The number of benzene rings is 1. The molecule has 1 aliphatic carbocycles. The van der Waals surface area contributed by atoms with Gasteiger partial charge in [-0.1, -0.05) is 6.42 Å². The fourth-order valence-electron chi connectivity index (χ4n) is 3.96. The van der Waals surface area contributed by atoms with E-state index in [9.17, 15) is 0 Å². The summed E-state index contributed by atoms with van der Waals surface area (Å²) in [6, 6.07) is 9.67. The van der Waals surface area contributed by atoms with Crippen LogP contribution in [-0.2, 0) is 5.41 Å². The molecule has 0 saturated heterocycles. The zero-order valence-electron chi connectivity index (χ0n) is 14.3. The van der Waals surface area contributed by atoms with Crippen LogP contribution in [0.2, 0.25) is 0 Å². The molecule has 1 saturated carbocycles. The van der Waals surface area contributed by atoms with Crippen molar-refractivity contribution in [1.29, 1.82) is 0 Å². The average molecular weight is 341 g/mol. The Bertz CT molecular complexity index is 1060. The highest BCUT2D eigenvalue weighted by molar-refractivity contribution is 5.84. The third kappa shape index (κ3) is 2.20. The molecule has 128 valence electrons. The van der Waals surface area contributed by atoms with E-state index in [0.29, 0.717) is 0 Å². The predicted octanol–water partition coefficient (Wildman–Crippen LogP) is 4.07. The molecule has 5 heteroatoms. The van der Waals surface area contributed by atoms with E-state index in [0.717, 1.165) is 35.4 Å². The lowest BCUT2D eigenvalue weighted by Crippen LogP contribution is -2.35. The zero-order valence-corrected chi connectivity index (χ0v) is 14.3. The van der Waals surface area contributed by atoms with E-state index in [4.69, 9.17) is 5.73 Å². The summed E-state index contributed by atoms with van der Waals surface area (Å²) < 4.78 is 0. The van der Waals surface area contributed by atoms with Crippen molar-refractivity contribution in [2.45, 2.75) is 24.7 Å². The van der Waals surface area contributed by atoms with Crippen molar-refractivity contribution in [2.24, 2.45) is 0 Å². The van der Waals surface area contributed by atoms with Gasteiger partial charge in [0.1, 0.15) is 0 Å². The van der Waals surface area contributed by atoms with Crippen molar-refractivity contribution in [3.05, 3.63) is 72.4 Å². The molecule has 5 rings (SSSR count). The number of hydrogen-bond acceptors (Lipinski definition) is 4. The molecular weight excluding hydrogens is 322 g/mol. The molecule has 0 bridgehead atoms. The van der Waals surface area contributed by atoms with Crippen LogP contribution in [-0.4, -0.2) is 19.9 Å². The number of nitrogens with one attached hydrogen (secondary N) is 1. The van der Waals surface area contributed by atoms with Crippen molar-refractivity contribution < 1.29 is 0 Å². The van der Waals surface area contributed by atoms with Crippen LogP contribution in [0.3, 0.4) is 0 Å².